The number of anilines is 3. The fourth-order valence-corrected chi connectivity index (χ4v) is 5.48. The van der Waals surface area contributed by atoms with Crippen LogP contribution in [0.1, 0.15) is 24.9 Å². The largest absolute Gasteiger partial charge is 0.340 e. The summed E-state index contributed by atoms with van der Waals surface area (Å²) >= 11 is 1.68. The number of halogens is 1. The first-order valence-corrected chi connectivity index (χ1v) is 13.0. The second-order valence-corrected chi connectivity index (χ2v) is 9.76. The molecule has 2 aliphatic heterocycles. The van der Waals surface area contributed by atoms with Crippen molar-refractivity contribution in [3.8, 4) is 0 Å². The molecule has 0 aromatic heterocycles. The lowest BCUT2D eigenvalue weighted by molar-refractivity contribution is -0.113. The maximum absolute atomic E-state index is 14.0. The third-order valence-corrected chi connectivity index (χ3v) is 7.19. The first-order chi connectivity index (χ1) is 18.0. The van der Waals surface area contributed by atoms with Gasteiger partial charge in [-0.2, -0.15) is 0 Å². The lowest BCUT2D eigenvalue weighted by atomic mass is 9.93. The Kier molecular flexibility index (Phi) is 7.23. The number of carbonyl (C=O) groups is 2. The van der Waals surface area contributed by atoms with Crippen LogP contribution in [0.3, 0.4) is 0 Å². The second-order valence-electron chi connectivity index (χ2n) is 8.70. The normalized spacial score (nSPS) is 17.0. The number of nitrogens with zero attached hydrogens (tertiary/aromatic N) is 2. The number of amides is 3. The molecule has 2 heterocycles. The average Bonchev–Trinajstić information content (AvgIpc) is 2.90. The molecule has 1 fully saturated rings. The van der Waals surface area contributed by atoms with Crippen LogP contribution >= 0.6 is 11.8 Å². The van der Waals surface area contributed by atoms with Crippen molar-refractivity contribution in [1.82, 2.24) is 4.90 Å². The Hall–Kier alpha value is -4.11. The summed E-state index contributed by atoms with van der Waals surface area (Å²) in [7, 11) is 0. The molecule has 1 saturated heterocycles. The molecule has 1 unspecified atom stereocenters. The molecule has 0 spiro atoms. The van der Waals surface area contributed by atoms with Gasteiger partial charge in [0, 0.05) is 23.7 Å². The van der Waals surface area contributed by atoms with E-state index in [1.54, 1.807) is 30.0 Å². The number of rotatable bonds is 5. The van der Waals surface area contributed by atoms with E-state index < -0.39 is 11.8 Å². The van der Waals surface area contributed by atoms with Crippen LogP contribution < -0.4 is 16.0 Å². The lowest BCUT2D eigenvalue weighted by Gasteiger charge is -2.41. The Morgan fingerprint density at radius 3 is 2.51 bits per heavy atom. The van der Waals surface area contributed by atoms with Crippen molar-refractivity contribution in [2.24, 2.45) is 4.99 Å². The highest BCUT2D eigenvalue weighted by Gasteiger charge is 2.37. The summed E-state index contributed by atoms with van der Waals surface area (Å²) in [6.07, 6.45) is 0.968. The van der Waals surface area contributed by atoms with Gasteiger partial charge in [-0.15, -0.1) is 0 Å². The van der Waals surface area contributed by atoms with Crippen LogP contribution in [0, 0.1) is 5.82 Å². The molecule has 3 aromatic carbocycles. The molecule has 37 heavy (non-hydrogen) atoms. The van der Waals surface area contributed by atoms with Crippen LogP contribution in [-0.4, -0.2) is 34.3 Å². The highest BCUT2D eigenvalue weighted by Crippen LogP contribution is 2.40. The van der Waals surface area contributed by atoms with E-state index in [-0.39, 0.29) is 17.6 Å². The summed E-state index contributed by atoms with van der Waals surface area (Å²) in [6, 6.07) is 21.7. The quantitative estimate of drug-likeness (QED) is 0.376. The number of hydrogen-bond donors (Lipinski definition) is 3. The summed E-state index contributed by atoms with van der Waals surface area (Å²) < 4.78 is 14.0. The molecule has 3 aromatic rings. The minimum atomic E-state index is -0.560. The fourth-order valence-electron chi connectivity index (χ4n) is 4.46. The predicted octanol–water partition coefficient (Wildman–Crippen LogP) is 6.23. The molecule has 2 aliphatic rings. The van der Waals surface area contributed by atoms with E-state index in [1.807, 2.05) is 55.5 Å². The number of nitrogens with one attached hydrogen (secondary N) is 3. The van der Waals surface area contributed by atoms with Gasteiger partial charge in [0.25, 0.3) is 5.91 Å². The summed E-state index contributed by atoms with van der Waals surface area (Å²) in [5.74, 6) is 0.235. The maximum Gasteiger partial charge on any atom is 0.323 e. The van der Waals surface area contributed by atoms with Crippen LogP contribution in [0.2, 0.25) is 0 Å². The molecular formula is C28H26FN5O2S. The van der Waals surface area contributed by atoms with Gasteiger partial charge in [-0.3, -0.25) is 4.79 Å². The molecule has 0 bridgehead atoms. The van der Waals surface area contributed by atoms with Crippen LogP contribution in [0.5, 0.6) is 0 Å². The van der Waals surface area contributed by atoms with Crippen molar-refractivity contribution in [3.63, 3.8) is 0 Å². The highest BCUT2D eigenvalue weighted by molar-refractivity contribution is 8.13. The Morgan fingerprint density at radius 2 is 1.70 bits per heavy atom. The Bertz CT molecular complexity index is 1390. The Balaban J connectivity index is 1.44. The van der Waals surface area contributed by atoms with E-state index in [4.69, 9.17) is 4.99 Å². The van der Waals surface area contributed by atoms with Gasteiger partial charge in [-0.05, 0) is 55.3 Å². The monoisotopic (exact) mass is 515 g/mol. The van der Waals surface area contributed by atoms with Gasteiger partial charge in [0.15, 0.2) is 5.17 Å². The Morgan fingerprint density at radius 1 is 0.946 bits per heavy atom. The fraction of sp³-hybridized carbons (Fsp3) is 0.179. The Labute approximate surface area is 218 Å². The minimum Gasteiger partial charge on any atom is -0.340 e. The standard InChI is InChI=1S/C28H26FN5O2S/c1-18-24(26(35)31-20-10-3-2-4-11-20)25(34-15-8-16-37-28(34)30-18)19-9-7-12-21(17-19)32-27(36)33-23-14-6-5-13-22(23)29/h2-7,9-14,17,25H,8,15-16H2,1H3,(H,31,35)(H2,32,33,36). The van der Waals surface area contributed by atoms with E-state index in [0.29, 0.717) is 22.6 Å². The van der Waals surface area contributed by atoms with Crippen LogP contribution in [0.15, 0.2) is 95.1 Å². The summed E-state index contributed by atoms with van der Waals surface area (Å²) in [5, 5.41) is 9.20. The zero-order valence-corrected chi connectivity index (χ0v) is 21.0. The van der Waals surface area contributed by atoms with Crippen molar-refractivity contribution in [1.29, 1.82) is 0 Å². The molecule has 9 heteroatoms. The van der Waals surface area contributed by atoms with E-state index in [0.717, 1.165) is 29.4 Å². The molecule has 5 rings (SSSR count). The van der Waals surface area contributed by atoms with Gasteiger partial charge < -0.3 is 20.9 Å². The number of benzene rings is 3. The number of aliphatic imine (C=N–C) groups is 1. The summed E-state index contributed by atoms with van der Waals surface area (Å²) in [4.78, 5) is 33.0. The van der Waals surface area contributed by atoms with Gasteiger partial charge in [0.05, 0.1) is 23.0 Å². The van der Waals surface area contributed by atoms with E-state index in [2.05, 4.69) is 20.9 Å². The van der Waals surface area contributed by atoms with Crippen molar-refractivity contribution in [2.75, 3.05) is 28.2 Å². The van der Waals surface area contributed by atoms with Crippen molar-refractivity contribution in [2.45, 2.75) is 19.4 Å². The van der Waals surface area contributed by atoms with Gasteiger partial charge in [-0.25, -0.2) is 14.2 Å². The zero-order valence-electron chi connectivity index (χ0n) is 20.2. The predicted molar refractivity (Wildman–Crippen MR) is 147 cm³/mol. The molecule has 7 nitrogen and oxygen atoms in total. The summed E-state index contributed by atoms with van der Waals surface area (Å²) in [5.41, 5.74) is 3.39. The number of carbonyl (C=O) groups excluding carboxylic acids is 2. The molecule has 0 aliphatic carbocycles. The van der Waals surface area contributed by atoms with E-state index in [9.17, 15) is 14.0 Å². The number of para-hydroxylation sites is 2. The number of thioether (sulfide) groups is 1. The summed E-state index contributed by atoms with van der Waals surface area (Å²) in [6.45, 7) is 2.62. The number of amidine groups is 1. The molecule has 1 atom stereocenters. The van der Waals surface area contributed by atoms with Crippen molar-refractivity contribution < 1.29 is 14.0 Å². The third-order valence-electron chi connectivity index (χ3n) is 6.12. The number of urea groups is 1. The van der Waals surface area contributed by atoms with Gasteiger partial charge >= 0.3 is 6.03 Å². The van der Waals surface area contributed by atoms with E-state index >= 15 is 0 Å². The van der Waals surface area contributed by atoms with Gasteiger partial charge in [-0.1, -0.05) is 54.2 Å². The van der Waals surface area contributed by atoms with Crippen LogP contribution in [-0.2, 0) is 4.79 Å². The minimum absolute atomic E-state index is 0.0908. The molecule has 188 valence electrons. The van der Waals surface area contributed by atoms with Crippen molar-refractivity contribution in [3.05, 3.63) is 102 Å². The molecule has 3 N–H and O–H groups in total. The van der Waals surface area contributed by atoms with Crippen LogP contribution in [0.25, 0.3) is 0 Å². The topological polar surface area (TPSA) is 85.8 Å². The number of hydrogen-bond acceptors (Lipinski definition) is 5. The first kappa shape index (κ1) is 24.6. The van der Waals surface area contributed by atoms with Gasteiger partial charge in [0.2, 0.25) is 0 Å². The first-order valence-electron chi connectivity index (χ1n) is 12.0. The lowest BCUT2D eigenvalue weighted by Crippen LogP contribution is -2.43. The molecule has 0 radical (unpaired) electrons. The van der Waals surface area contributed by atoms with Gasteiger partial charge in [0.1, 0.15) is 5.82 Å². The second kappa shape index (κ2) is 10.9. The highest BCUT2D eigenvalue weighted by atomic mass is 32.2. The van der Waals surface area contributed by atoms with Crippen LogP contribution in [0.4, 0.5) is 26.2 Å². The SMILES string of the molecule is CC1=C(C(=O)Nc2ccccc2)C(c2cccc(NC(=O)Nc3ccccc3F)c2)N2CCCSC2=N1. The van der Waals surface area contributed by atoms with E-state index in [1.165, 1.54) is 12.1 Å². The smallest absolute Gasteiger partial charge is 0.323 e. The molecule has 0 saturated carbocycles. The maximum atomic E-state index is 14.0. The number of allylic oxidation sites excluding steroid dienone is 1. The third kappa shape index (κ3) is 5.51. The van der Waals surface area contributed by atoms with Crippen molar-refractivity contribution >= 4 is 45.9 Å². The molecule has 3 amide bonds. The molecular weight excluding hydrogens is 489 g/mol. The number of fused-ring (bicyclic) bond motifs is 1. The zero-order chi connectivity index (χ0) is 25.8. The average molecular weight is 516 g/mol.